The summed E-state index contributed by atoms with van der Waals surface area (Å²) in [7, 11) is 0. The third kappa shape index (κ3) is 0.901. The Morgan fingerprint density at radius 1 is 1.46 bits per heavy atom. The van der Waals surface area contributed by atoms with Crippen molar-refractivity contribution in [1.29, 1.82) is 0 Å². The summed E-state index contributed by atoms with van der Waals surface area (Å²) < 4.78 is 11.0. The van der Waals surface area contributed by atoms with Gasteiger partial charge in [0.25, 0.3) is 5.91 Å². The van der Waals surface area contributed by atoms with E-state index in [9.17, 15) is 4.79 Å². The first kappa shape index (κ1) is 7.76. The second-order valence-corrected chi connectivity index (χ2v) is 3.98. The molecule has 3 rings (SSSR count). The van der Waals surface area contributed by atoms with Gasteiger partial charge in [0.2, 0.25) is 0 Å². The average Bonchev–Trinajstić information content (AvgIpc) is 2.61. The third-order valence-electron chi connectivity index (χ3n) is 3.28. The minimum Gasteiger partial charge on any atom is -0.418 e. The van der Waals surface area contributed by atoms with Crippen molar-refractivity contribution in [2.24, 2.45) is 5.92 Å². The Bertz CT molecular complexity index is 255. The Morgan fingerprint density at radius 3 is 3.31 bits per heavy atom. The second-order valence-electron chi connectivity index (χ2n) is 3.98. The number of hydrogen-bond acceptors (Lipinski definition) is 4. The predicted molar refractivity (Wildman–Crippen MR) is 43.7 cm³/mol. The molecule has 1 spiro atoms. The smallest absolute Gasteiger partial charge is 0.309 e. The lowest BCUT2D eigenvalue weighted by atomic mass is 9.93. The molecule has 3 aliphatic heterocycles. The van der Waals surface area contributed by atoms with Crippen LogP contribution in [-0.4, -0.2) is 36.5 Å². The number of piperidine rings is 1. The van der Waals surface area contributed by atoms with Crippen molar-refractivity contribution >= 4 is 5.97 Å². The molecule has 3 fully saturated rings. The molecule has 0 N–H and O–H groups in total. The summed E-state index contributed by atoms with van der Waals surface area (Å²) in [5, 5.41) is 0. The van der Waals surface area contributed by atoms with E-state index in [4.69, 9.17) is 9.47 Å². The van der Waals surface area contributed by atoms with E-state index >= 15 is 0 Å². The SMILES string of the molecule is O=C1CC2CCCN3CCOC23O1. The van der Waals surface area contributed by atoms with Gasteiger partial charge >= 0.3 is 5.97 Å². The van der Waals surface area contributed by atoms with Gasteiger partial charge in [-0.3, -0.25) is 4.79 Å². The largest absolute Gasteiger partial charge is 0.418 e. The van der Waals surface area contributed by atoms with Gasteiger partial charge in [-0.15, -0.1) is 0 Å². The molecule has 0 aromatic heterocycles. The molecule has 0 radical (unpaired) electrons. The van der Waals surface area contributed by atoms with Crippen LogP contribution in [0.2, 0.25) is 0 Å². The van der Waals surface area contributed by atoms with E-state index in [-0.39, 0.29) is 11.9 Å². The van der Waals surface area contributed by atoms with E-state index in [1.807, 2.05) is 0 Å². The summed E-state index contributed by atoms with van der Waals surface area (Å²) in [6.45, 7) is 2.61. The quantitative estimate of drug-likeness (QED) is 0.507. The van der Waals surface area contributed by atoms with Crippen molar-refractivity contribution < 1.29 is 14.3 Å². The molecule has 0 saturated carbocycles. The van der Waals surface area contributed by atoms with Crippen LogP contribution in [0.1, 0.15) is 19.3 Å². The van der Waals surface area contributed by atoms with E-state index in [1.165, 1.54) is 0 Å². The molecular formula is C9H13NO3. The molecule has 72 valence electrons. The zero-order chi connectivity index (χ0) is 8.89. The maximum Gasteiger partial charge on any atom is 0.309 e. The first-order valence-corrected chi connectivity index (χ1v) is 4.92. The summed E-state index contributed by atoms with van der Waals surface area (Å²) >= 11 is 0. The van der Waals surface area contributed by atoms with Gasteiger partial charge in [0.05, 0.1) is 18.9 Å². The molecule has 0 aromatic rings. The molecule has 3 heterocycles. The van der Waals surface area contributed by atoms with Crippen LogP contribution < -0.4 is 0 Å². The van der Waals surface area contributed by atoms with Crippen molar-refractivity contribution in [3.63, 3.8) is 0 Å². The Kier molecular flexibility index (Phi) is 1.46. The fraction of sp³-hybridized carbons (Fsp3) is 0.889. The number of nitrogens with zero attached hydrogens (tertiary/aromatic N) is 1. The van der Waals surface area contributed by atoms with Gasteiger partial charge in [-0.2, -0.15) is 0 Å². The molecule has 2 unspecified atom stereocenters. The lowest BCUT2D eigenvalue weighted by Gasteiger charge is -2.39. The Morgan fingerprint density at radius 2 is 2.38 bits per heavy atom. The predicted octanol–water partition coefficient (Wildman–Crippen LogP) is 0.329. The third-order valence-corrected chi connectivity index (χ3v) is 3.28. The number of esters is 1. The number of carbonyl (C=O) groups is 1. The van der Waals surface area contributed by atoms with E-state index in [0.717, 1.165) is 25.9 Å². The van der Waals surface area contributed by atoms with Gasteiger partial charge in [0.15, 0.2) is 0 Å². The van der Waals surface area contributed by atoms with Gasteiger partial charge in [-0.05, 0) is 12.8 Å². The fourth-order valence-corrected chi connectivity index (χ4v) is 2.72. The van der Waals surface area contributed by atoms with Crippen LogP contribution in [0.5, 0.6) is 0 Å². The Labute approximate surface area is 76.8 Å². The molecule has 13 heavy (non-hydrogen) atoms. The molecule has 0 aromatic carbocycles. The first-order valence-electron chi connectivity index (χ1n) is 4.92. The van der Waals surface area contributed by atoms with Crippen LogP contribution in [0.25, 0.3) is 0 Å². The number of carbonyl (C=O) groups excluding carboxylic acids is 1. The number of rotatable bonds is 0. The van der Waals surface area contributed by atoms with Crippen LogP contribution >= 0.6 is 0 Å². The van der Waals surface area contributed by atoms with Gasteiger partial charge < -0.3 is 9.47 Å². The molecule has 4 heteroatoms. The van der Waals surface area contributed by atoms with E-state index < -0.39 is 5.91 Å². The van der Waals surface area contributed by atoms with Crippen molar-refractivity contribution in [1.82, 2.24) is 4.90 Å². The summed E-state index contributed by atoms with van der Waals surface area (Å²) in [6, 6.07) is 0. The van der Waals surface area contributed by atoms with Gasteiger partial charge in [-0.1, -0.05) is 0 Å². The zero-order valence-electron chi connectivity index (χ0n) is 7.49. The molecule has 0 amide bonds. The minimum absolute atomic E-state index is 0.0983. The van der Waals surface area contributed by atoms with E-state index in [0.29, 0.717) is 13.0 Å². The summed E-state index contributed by atoms with van der Waals surface area (Å²) in [5.74, 6) is -0.468. The van der Waals surface area contributed by atoms with Crippen LogP contribution in [0, 0.1) is 5.92 Å². The van der Waals surface area contributed by atoms with Crippen molar-refractivity contribution in [3.05, 3.63) is 0 Å². The molecule has 3 saturated heterocycles. The molecule has 2 atom stereocenters. The van der Waals surface area contributed by atoms with Gasteiger partial charge in [-0.25, -0.2) is 4.90 Å². The highest BCUT2D eigenvalue weighted by atomic mass is 16.8. The highest BCUT2D eigenvalue weighted by Gasteiger charge is 2.58. The lowest BCUT2D eigenvalue weighted by molar-refractivity contribution is -0.273. The maximum atomic E-state index is 11.2. The summed E-state index contributed by atoms with van der Waals surface area (Å²) in [5.41, 5.74) is 0. The van der Waals surface area contributed by atoms with Crippen molar-refractivity contribution in [3.8, 4) is 0 Å². The van der Waals surface area contributed by atoms with Crippen molar-refractivity contribution in [2.45, 2.75) is 25.2 Å². The molecule has 0 aliphatic carbocycles. The molecular weight excluding hydrogens is 170 g/mol. The lowest BCUT2D eigenvalue weighted by Crippen LogP contribution is -2.52. The van der Waals surface area contributed by atoms with Crippen LogP contribution in [-0.2, 0) is 14.3 Å². The molecule has 3 aliphatic rings. The van der Waals surface area contributed by atoms with Crippen LogP contribution in [0.15, 0.2) is 0 Å². The summed E-state index contributed by atoms with van der Waals surface area (Å²) in [6.07, 6.45) is 2.76. The number of hydrogen-bond donors (Lipinski definition) is 0. The van der Waals surface area contributed by atoms with Gasteiger partial charge in [0.1, 0.15) is 0 Å². The Hall–Kier alpha value is -0.610. The standard InChI is InChI=1S/C9H13NO3/c11-8-6-7-2-1-3-10-4-5-12-9(7,10)13-8/h7H,1-6H2. The average molecular weight is 183 g/mol. The number of ether oxygens (including phenoxy) is 2. The Balaban J connectivity index is 1.96. The van der Waals surface area contributed by atoms with Gasteiger partial charge in [0, 0.05) is 13.1 Å². The van der Waals surface area contributed by atoms with Crippen LogP contribution in [0.3, 0.4) is 0 Å². The normalized spacial score (nSPS) is 44.3. The summed E-state index contributed by atoms with van der Waals surface area (Å²) in [4.78, 5) is 13.4. The highest BCUT2D eigenvalue weighted by molar-refractivity contribution is 5.72. The monoisotopic (exact) mass is 183 g/mol. The second kappa shape index (κ2) is 2.45. The zero-order valence-corrected chi connectivity index (χ0v) is 7.49. The van der Waals surface area contributed by atoms with E-state index in [2.05, 4.69) is 4.90 Å². The minimum atomic E-state index is -0.644. The molecule has 0 bridgehead atoms. The van der Waals surface area contributed by atoms with Crippen molar-refractivity contribution in [2.75, 3.05) is 19.7 Å². The first-order chi connectivity index (χ1) is 6.31. The van der Waals surface area contributed by atoms with Crippen LogP contribution in [0.4, 0.5) is 0 Å². The fourth-order valence-electron chi connectivity index (χ4n) is 2.72. The van der Waals surface area contributed by atoms with E-state index in [1.54, 1.807) is 0 Å². The topological polar surface area (TPSA) is 38.8 Å². The maximum absolute atomic E-state index is 11.2. The molecule has 4 nitrogen and oxygen atoms in total. The highest BCUT2D eigenvalue weighted by Crippen LogP contribution is 2.45.